The highest BCUT2D eigenvalue weighted by molar-refractivity contribution is 6.30. The lowest BCUT2D eigenvalue weighted by atomic mass is 10.2. The van der Waals surface area contributed by atoms with Gasteiger partial charge in [-0.1, -0.05) is 23.7 Å². The predicted molar refractivity (Wildman–Crippen MR) is 93.0 cm³/mol. The normalized spacial score (nSPS) is 10.8. The molecule has 0 aliphatic carbocycles. The molecule has 2 heterocycles. The van der Waals surface area contributed by atoms with Crippen LogP contribution in [0.5, 0.6) is 0 Å². The molecule has 1 aromatic carbocycles. The van der Waals surface area contributed by atoms with E-state index < -0.39 is 0 Å². The van der Waals surface area contributed by atoms with Crippen molar-refractivity contribution in [3.63, 3.8) is 0 Å². The Labute approximate surface area is 144 Å². The first-order chi connectivity index (χ1) is 11.6. The number of benzene rings is 1. The Morgan fingerprint density at radius 3 is 2.71 bits per heavy atom. The van der Waals surface area contributed by atoms with Gasteiger partial charge in [-0.25, -0.2) is 4.98 Å². The molecule has 3 aromatic rings. The van der Waals surface area contributed by atoms with Crippen molar-refractivity contribution in [2.45, 2.75) is 26.4 Å². The molecular weight excluding hydrogens is 326 g/mol. The van der Waals surface area contributed by atoms with Crippen LogP contribution in [0.25, 0.3) is 5.78 Å². The second-order valence-corrected chi connectivity index (χ2v) is 5.99. The van der Waals surface area contributed by atoms with Crippen LogP contribution in [0.3, 0.4) is 0 Å². The van der Waals surface area contributed by atoms with Gasteiger partial charge in [0, 0.05) is 17.6 Å². The van der Waals surface area contributed by atoms with E-state index in [1.54, 1.807) is 4.52 Å². The molecular formula is C16H16ClN7. The highest BCUT2D eigenvalue weighted by atomic mass is 35.5. The largest absolute Gasteiger partial charge is 0.367 e. The molecule has 7 nitrogen and oxygen atoms in total. The van der Waals surface area contributed by atoms with Crippen molar-refractivity contribution in [3.8, 4) is 6.07 Å². The van der Waals surface area contributed by atoms with E-state index in [1.807, 2.05) is 38.1 Å². The number of nitrogens with one attached hydrogen (secondary N) is 2. The zero-order valence-electron chi connectivity index (χ0n) is 13.3. The monoisotopic (exact) mass is 341 g/mol. The molecule has 0 bridgehead atoms. The summed E-state index contributed by atoms with van der Waals surface area (Å²) in [6, 6.07) is 9.81. The van der Waals surface area contributed by atoms with E-state index in [-0.39, 0.29) is 6.04 Å². The third-order valence-electron chi connectivity index (χ3n) is 3.28. The van der Waals surface area contributed by atoms with Crippen molar-refractivity contribution in [1.29, 1.82) is 5.26 Å². The molecule has 0 aliphatic heterocycles. The summed E-state index contributed by atoms with van der Waals surface area (Å²) in [7, 11) is 0. The molecule has 0 saturated carbocycles. The minimum Gasteiger partial charge on any atom is -0.367 e. The van der Waals surface area contributed by atoms with Crippen LogP contribution in [0.15, 0.2) is 30.5 Å². The van der Waals surface area contributed by atoms with E-state index in [0.29, 0.717) is 34.7 Å². The number of rotatable bonds is 5. The quantitative estimate of drug-likeness (QED) is 0.741. The smallest absolute Gasteiger partial charge is 0.255 e. The minimum atomic E-state index is 0.150. The first-order valence-corrected chi connectivity index (χ1v) is 7.85. The Morgan fingerprint density at radius 1 is 1.29 bits per heavy atom. The average Bonchev–Trinajstić information content (AvgIpc) is 2.98. The van der Waals surface area contributed by atoms with Crippen molar-refractivity contribution in [1.82, 2.24) is 19.6 Å². The molecule has 0 radical (unpaired) electrons. The number of halogens is 1. The highest BCUT2D eigenvalue weighted by Gasteiger charge is 2.13. The summed E-state index contributed by atoms with van der Waals surface area (Å²) >= 11 is 5.88. The topological polar surface area (TPSA) is 90.9 Å². The van der Waals surface area contributed by atoms with Gasteiger partial charge in [-0.2, -0.15) is 14.8 Å². The van der Waals surface area contributed by atoms with Gasteiger partial charge in [0.1, 0.15) is 11.6 Å². The van der Waals surface area contributed by atoms with Gasteiger partial charge in [0.25, 0.3) is 5.78 Å². The molecule has 0 saturated heterocycles. The summed E-state index contributed by atoms with van der Waals surface area (Å²) in [4.78, 5) is 8.52. The number of aromatic nitrogens is 4. The van der Waals surface area contributed by atoms with Crippen molar-refractivity contribution in [2.24, 2.45) is 0 Å². The number of anilines is 2. The lowest BCUT2D eigenvalue weighted by molar-refractivity contribution is 0.848. The molecule has 0 unspecified atom stereocenters. The summed E-state index contributed by atoms with van der Waals surface area (Å²) in [5.74, 6) is 1.46. The van der Waals surface area contributed by atoms with E-state index in [4.69, 9.17) is 11.6 Å². The summed E-state index contributed by atoms with van der Waals surface area (Å²) < 4.78 is 1.54. The lowest BCUT2D eigenvalue weighted by Gasteiger charge is -2.11. The van der Waals surface area contributed by atoms with Crippen LogP contribution >= 0.6 is 11.6 Å². The standard InChI is InChI=1S/C16H16ClN7/c1-10(2)21-14-12(7-18)9-20-16-22-15(23-24(14)16)19-8-11-3-5-13(17)6-4-11/h3-6,9-10,21H,8H2,1-2H3,(H,19,23). The summed E-state index contributed by atoms with van der Waals surface area (Å²) in [6.45, 7) is 4.54. The van der Waals surface area contributed by atoms with Crippen LogP contribution < -0.4 is 10.6 Å². The van der Waals surface area contributed by atoms with Crippen LogP contribution in [-0.2, 0) is 6.54 Å². The second kappa shape index (κ2) is 6.72. The molecule has 3 rings (SSSR count). The molecule has 0 spiro atoms. The predicted octanol–water partition coefficient (Wildman–Crippen LogP) is 3.08. The van der Waals surface area contributed by atoms with Crippen LogP contribution in [-0.4, -0.2) is 25.6 Å². The van der Waals surface area contributed by atoms with Gasteiger partial charge in [-0.3, -0.25) is 0 Å². The number of fused-ring (bicyclic) bond motifs is 1. The van der Waals surface area contributed by atoms with Crippen LogP contribution in [0.2, 0.25) is 5.02 Å². The Balaban J connectivity index is 1.87. The molecule has 0 fully saturated rings. The Kier molecular flexibility index (Phi) is 4.49. The van der Waals surface area contributed by atoms with Crippen molar-refractivity contribution in [2.75, 3.05) is 10.6 Å². The van der Waals surface area contributed by atoms with E-state index >= 15 is 0 Å². The van der Waals surface area contributed by atoms with Gasteiger partial charge in [-0.15, -0.1) is 5.10 Å². The van der Waals surface area contributed by atoms with Gasteiger partial charge in [0.15, 0.2) is 5.82 Å². The number of nitriles is 1. The Hall–Kier alpha value is -2.85. The molecule has 2 aromatic heterocycles. The average molecular weight is 342 g/mol. The fraction of sp³-hybridized carbons (Fsp3) is 0.250. The van der Waals surface area contributed by atoms with Gasteiger partial charge in [0.05, 0.1) is 6.20 Å². The molecule has 8 heteroatoms. The van der Waals surface area contributed by atoms with Gasteiger partial charge in [-0.05, 0) is 31.5 Å². The number of hydrogen-bond acceptors (Lipinski definition) is 6. The van der Waals surface area contributed by atoms with Crippen molar-refractivity contribution < 1.29 is 0 Å². The summed E-state index contributed by atoms with van der Waals surface area (Å²) in [6.07, 6.45) is 1.50. The van der Waals surface area contributed by atoms with Crippen molar-refractivity contribution in [3.05, 3.63) is 46.6 Å². The number of nitrogens with zero attached hydrogens (tertiary/aromatic N) is 5. The van der Waals surface area contributed by atoms with E-state index in [0.717, 1.165) is 5.56 Å². The third kappa shape index (κ3) is 3.39. The highest BCUT2D eigenvalue weighted by Crippen LogP contribution is 2.17. The molecule has 122 valence electrons. The van der Waals surface area contributed by atoms with E-state index in [2.05, 4.69) is 31.8 Å². The zero-order chi connectivity index (χ0) is 17.1. The second-order valence-electron chi connectivity index (χ2n) is 5.56. The van der Waals surface area contributed by atoms with Crippen LogP contribution in [0, 0.1) is 11.3 Å². The molecule has 24 heavy (non-hydrogen) atoms. The lowest BCUT2D eigenvalue weighted by Crippen LogP contribution is -2.15. The number of hydrogen-bond donors (Lipinski definition) is 2. The first-order valence-electron chi connectivity index (χ1n) is 7.47. The van der Waals surface area contributed by atoms with Crippen molar-refractivity contribution >= 4 is 29.1 Å². The summed E-state index contributed by atoms with van der Waals surface area (Å²) in [5.41, 5.74) is 1.48. The molecule has 0 atom stereocenters. The third-order valence-corrected chi connectivity index (χ3v) is 3.53. The zero-order valence-corrected chi connectivity index (χ0v) is 14.0. The fourth-order valence-electron chi connectivity index (χ4n) is 2.19. The van der Waals surface area contributed by atoms with E-state index in [9.17, 15) is 5.26 Å². The molecule has 0 aliphatic rings. The summed E-state index contributed by atoms with van der Waals surface area (Å²) in [5, 5.41) is 20.7. The SMILES string of the molecule is CC(C)Nc1c(C#N)cnc2nc(NCc3ccc(Cl)cc3)nn12. The molecule has 2 N–H and O–H groups in total. The fourth-order valence-corrected chi connectivity index (χ4v) is 2.31. The van der Waals surface area contributed by atoms with Crippen LogP contribution in [0.1, 0.15) is 25.0 Å². The first kappa shape index (κ1) is 16.0. The Morgan fingerprint density at radius 2 is 2.04 bits per heavy atom. The maximum Gasteiger partial charge on any atom is 0.255 e. The minimum absolute atomic E-state index is 0.150. The molecule has 0 amide bonds. The Bertz CT molecular complexity index is 893. The van der Waals surface area contributed by atoms with E-state index in [1.165, 1.54) is 6.20 Å². The van der Waals surface area contributed by atoms with Gasteiger partial charge < -0.3 is 10.6 Å². The van der Waals surface area contributed by atoms with Crippen LogP contribution in [0.4, 0.5) is 11.8 Å². The maximum atomic E-state index is 9.25. The maximum absolute atomic E-state index is 9.25. The van der Waals surface area contributed by atoms with Gasteiger partial charge in [0.2, 0.25) is 5.95 Å². The van der Waals surface area contributed by atoms with Gasteiger partial charge >= 0.3 is 0 Å².